The molecule has 0 saturated carbocycles. The summed E-state index contributed by atoms with van der Waals surface area (Å²) in [6.07, 6.45) is 0. The van der Waals surface area contributed by atoms with E-state index in [1.165, 1.54) is 16.2 Å². The number of fused-ring (bicyclic) bond motifs is 1. The number of aryl methyl sites for hydroxylation is 1. The number of carbonyl (C=O) groups is 2. The maximum atomic E-state index is 13.3. The minimum atomic E-state index is -0.802. The number of aromatic nitrogens is 1. The van der Waals surface area contributed by atoms with Crippen molar-refractivity contribution in [1.82, 2.24) is 4.98 Å². The lowest BCUT2D eigenvalue weighted by atomic mass is 9.95. The van der Waals surface area contributed by atoms with E-state index in [-0.39, 0.29) is 11.3 Å². The highest BCUT2D eigenvalue weighted by atomic mass is 79.9. The molecule has 4 aromatic rings. The Morgan fingerprint density at radius 2 is 1.64 bits per heavy atom. The summed E-state index contributed by atoms with van der Waals surface area (Å²) in [5, 5.41) is 11.6. The number of rotatable bonds is 3. The van der Waals surface area contributed by atoms with Crippen molar-refractivity contribution in [2.45, 2.75) is 13.0 Å². The van der Waals surface area contributed by atoms with Crippen LogP contribution < -0.4 is 4.90 Å². The van der Waals surface area contributed by atoms with Crippen molar-refractivity contribution in [2.75, 3.05) is 4.90 Å². The molecule has 1 fully saturated rings. The first-order chi connectivity index (χ1) is 15.8. The van der Waals surface area contributed by atoms with Gasteiger partial charge in [0.1, 0.15) is 5.76 Å². The number of halogens is 2. The van der Waals surface area contributed by atoms with Crippen LogP contribution in [0.1, 0.15) is 22.7 Å². The fraction of sp³-hybridized carbons (Fsp3) is 0.0800. The molecule has 1 saturated heterocycles. The lowest BCUT2D eigenvalue weighted by molar-refractivity contribution is -0.132. The van der Waals surface area contributed by atoms with Crippen LogP contribution >= 0.6 is 43.2 Å². The fourth-order valence-electron chi connectivity index (χ4n) is 3.85. The summed E-state index contributed by atoms with van der Waals surface area (Å²) in [6, 6.07) is 19.4. The van der Waals surface area contributed by atoms with E-state index < -0.39 is 17.7 Å². The molecular weight excluding hydrogens is 568 g/mol. The zero-order valence-electron chi connectivity index (χ0n) is 17.3. The molecule has 1 atom stereocenters. The van der Waals surface area contributed by atoms with Crippen LogP contribution in [0.15, 0.2) is 81.2 Å². The number of carbonyl (C=O) groups excluding carboxylic acids is 2. The maximum Gasteiger partial charge on any atom is 0.301 e. The second-order valence-corrected chi connectivity index (χ2v) is 10.5. The van der Waals surface area contributed by atoms with E-state index in [1.54, 1.807) is 12.1 Å². The van der Waals surface area contributed by atoms with E-state index >= 15 is 0 Å². The third kappa shape index (κ3) is 3.92. The number of Topliss-reactive ketones (excluding diaryl/α,β-unsaturated/α-hetero) is 1. The van der Waals surface area contributed by atoms with Gasteiger partial charge in [-0.3, -0.25) is 14.5 Å². The number of aliphatic hydroxyl groups is 1. The van der Waals surface area contributed by atoms with Gasteiger partial charge >= 0.3 is 5.91 Å². The van der Waals surface area contributed by atoms with Gasteiger partial charge in [0.15, 0.2) is 5.13 Å². The van der Waals surface area contributed by atoms with Crippen molar-refractivity contribution >= 4 is 76.0 Å². The van der Waals surface area contributed by atoms with E-state index in [2.05, 4.69) is 36.8 Å². The van der Waals surface area contributed by atoms with Crippen molar-refractivity contribution in [2.24, 2.45) is 0 Å². The van der Waals surface area contributed by atoms with E-state index in [4.69, 9.17) is 0 Å². The second kappa shape index (κ2) is 8.52. The zero-order valence-corrected chi connectivity index (χ0v) is 21.2. The molecular formula is C25H16Br2N2O3S. The molecule has 1 aliphatic rings. The predicted molar refractivity (Wildman–Crippen MR) is 137 cm³/mol. The lowest BCUT2D eigenvalue weighted by Crippen LogP contribution is -2.29. The molecule has 0 bridgehead atoms. The van der Waals surface area contributed by atoms with Gasteiger partial charge in [-0.1, -0.05) is 85.2 Å². The number of hydrogen-bond donors (Lipinski definition) is 1. The Morgan fingerprint density at radius 3 is 2.33 bits per heavy atom. The van der Waals surface area contributed by atoms with E-state index in [1.807, 2.05) is 61.5 Å². The number of anilines is 1. The van der Waals surface area contributed by atoms with Gasteiger partial charge in [-0.2, -0.15) is 0 Å². The van der Waals surface area contributed by atoms with Crippen LogP contribution in [-0.4, -0.2) is 21.8 Å². The van der Waals surface area contributed by atoms with Gasteiger partial charge in [0, 0.05) is 14.5 Å². The molecule has 0 spiro atoms. The van der Waals surface area contributed by atoms with Crippen LogP contribution in [0.4, 0.5) is 5.13 Å². The molecule has 1 unspecified atom stereocenters. The highest BCUT2D eigenvalue weighted by Gasteiger charge is 2.48. The summed E-state index contributed by atoms with van der Waals surface area (Å²) in [4.78, 5) is 32.5. The van der Waals surface area contributed by atoms with E-state index in [9.17, 15) is 14.7 Å². The molecule has 164 valence electrons. The monoisotopic (exact) mass is 582 g/mol. The predicted octanol–water partition coefficient (Wildman–Crippen LogP) is 6.76. The third-order valence-electron chi connectivity index (χ3n) is 5.50. The molecule has 8 heteroatoms. The van der Waals surface area contributed by atoms with E-state index in [0.29, 0.717) is 16.3 Å². The molecule has 0 aliphatic carbocycles. The summed E-state index contributed by atoms with van der Waals surface area (Å²) in [6.45, 7) is 1.94. The van der Waals surface area contributed by atoms with Crippen LogP contribution in [0.2, 0.25) is 0 Å². The minimum Gasteiger partial charge on any atom is -0.507 e. The van der Waals surface area contributed by atoms with Crippen molar-refractivity contribution in [3.63, 3.8) is 0 Å². The third-order valence-corrected chi connectivity index (χ3v) is 7.54. The Hall–Kier alpha value is -2.81. The lowest BCUT2D eigenvalue weighted by Gasteiger charge is -2.23. The molecule has 3 aromatic carbocycles. The molecule has 5 nitrogen and oxygen atoms in total. The Balaban J connectivity index is 1.73. The van der Waals surface area contributed by atoms with Crippen LogP contribution in [0.3, 0.4) is 0 Å². The van der Waals surface area contributed by atoms with Gasteiger partial charge in [-0.25, -0.2) is 4.98 Å². The number of thiazole rings is 1. The Kier molecular flexibility index (Phi) is 5.68. The van der Waals surface area contributed by atoms with Crippen LogP contribution in [0, 0.1) is 6.92 Å². The van der Waals surface area contributed by atoms with Crippen molar-refractivity contribution < 1.29 is 14.7 Å². The standard InChI is InChI=1S/C25H16Br2N2O3S/c1-13-2-4-15(5-3-13)22(30)20-21(14-6-8-16(26)9-7-14)29(24(32)23(20)31)25-28-18-11-10-17(27)12-19(18)33-25/h2-12,21,30H,1H3/b22-20+. The Labute approximate surface area is 210 Å². The van der Waals surface area contributed by atoms with Gasteiger partial charge in [-0.15, -0.1) is 0 Å². The summed E-state index contributed by atoms with van der Waals surface area (Å²) < 4.78 is 2.65. The summed E-state index contributed by atoms with van der Waals surface area (Å²) in [5.74, 6) is -1.65. The van der Waals surface area contributed by atoms with Gasteiger partial charge in [0.2, 0.25) is 0 Å². The second-order valence-electron chi connectivity index (χ2n) is 7.70. The van der Waals surface area contributed by atoms with Crippen LogP contribution in [0.5, 0.6) is 0 Å². The Morgan fingerprint density at radius 1 is 0.970 bits per heavy atom. The largest absolute Gasteiger partial charge is 0.507 e. The van der Waals surface area contributed by atoms with E-state index in [0.717, 1.165) is 24.7 Å². The fourth-order valence-corrected chi connectivity index (χ4v) is 5.66. The molecule has 1 aromatic heterocycles. The first kappa shape index (κ1) is 22.0. The zero-order chi connectivity index (χ0) is 23.3. The summed E-state index contributed by atoms with van der Waals surface area (Å²) >= 11 is 8.22. The van der Waals surface area contributed by atoms with Gasteiger partial charge in [-0.05, 0) is 42.8 Å². The number of hydrogen-bond acceptors (Lipinski definition) is 5. The summed E-state index contributed by atoms with van der Waals surface area (Å²) in [7, 11) is 0. The van der Waals surface area contributed by atoms with Gasteiger partial charge in [0.25, 0.3) is 5.78 Å². The number of benzene rings is 3. The molecule has 5 rings (SSSR count). The number of amides is 1. The molecule has 33 heavy (non-hydrogen) atoms. The van der Waals surface area contributed by atoms with Crippen LogP contribution in [-0.2, 0) is 9.59 Å². The first-order valence-corrected chi connectivity index (χ1v) is 12.4. The molecule has 1 N–H and O–H groups in total. The van der Waals surface area contributed by atoms with Crippen LogP contribution in [0.25, 0.3) is 16.0 Å². The van der Waals surface area contributed by atoms with Crippen molar-refractivity contribution in [3.8, 4) is 0 Å². The number of nitrogens with zero attached hydrogens (tertiary/aromatic N) is 2. The normalized spacial score (nSPS) is 17.8. The highest BCUT2D eigenvalue weighted by molar-refractivity contribution is 9.10. The van der Waals surface area contributed by atoms with Gasteiger partial charge in [0.05, 0.1) is 21.8 Å². The highest BCUT2D eigenvalue weighted by Crippen LogP contribution is 2.44. The van der Waals surface area contributed by atoms with Crippen molar-refractivity contribution in [3.05, 3.63) is 97.9 Å². The average Bonchev–Trinajstić information content (AvgIpc) is 3.32. The first-order valence-electron chi connectivity index (χ1n) is 10.0. The number of aliphatic hydroxyl groups excluding tert-OH is 1. The number of ketones is 1. The molecule has 2 heterocycles. The maximum absolute atomic E-state index is 13.3. The summed E-state index contributed by atoms with van der Waals surface area (Å²) in [5.41, 5.74) is 2.98. The SMILES string of the molecule is Cc1ccc(/C(O)=C2\C(=O)C(=O)N(c3nc4ccc(Br)cc4s3)C2c2ccc(Br)cc2)cc1. The van der Waals surface area contributed by atoms with Gasteiger partial charge < -0.3 is 5.11 Å². The van der Waals surface area contributed by atoms with Crippen molar-refractivity contribution in [1.29, 1.82) is 0 Å². The quantitative estimate of drug-likeness (QED) is 0.164. The molecule has 1 amide bonds. The molecule has 0 radical (unpaired) electrons. The topological polar surface area (TPSA) is 70.5 Å². The minimum absolute atomic E-state index is 0.0478. The average molecular weight is 584 g/mol. The molecule has 1 aliphatic heterocycles. The Bertz CT molecular complexity index is 1440. The smallest absolute Gasteiger partial charge is 0.301 e.